The first-order valence-electron chi connectivity index (χ1n) is 4.63. The van der Waals surface area contributed by atoms with Gasteiger partial charge in [0.15, 0.2) is 0 Å². The number of nitrogens with zero attached hydrogens (tertiary/aromatic N) is 1. The molecule has 84 valence electrons. The lowest BCUT2D eigenvalue weighted by Crippen LogP contribution is -2.27. The van der Waals surface area contributed by atoms with Crippen LogP contribution >= 0.6 is 0 Å². The number of methoxy groups -OCH3 is 1. The van der Waals surface area contributed by atoms with E-state index in [0.717, 1.165) is 5.56 Å². The highest BCUT2D eigenvalue weighted by Gasteiger charge is 2.03. The molecule has 0 heterocycles. The molecule has 1 aromatic carbocycles. The third kappa shape index (κ3) is 3.85. The average Bonchev–Trinajstić information content (AvgIpc) is 2.18. The molecule has 0 aromatic heterocycles. The van der Waals surface area contributed by atoms with Crippen molar-refractivity contribution in [3.63, 3.8) is 0 Å². The fourth-order valence-electron chi connectivity index (χ4n) is 1.34. The van der Waals surface area contributed by atoms with Gasteiger partial charge >= 0.3 is 0 Å². The number of benzene rings is 1. The Bertz CT molecular complexity index is 287. The highest BCUT2D eigenvalue weighted by molar-refractivity contribution is 5.45. The lowest BCUT2D eigenvalue weighted by molar-refractivity contribution is 0.180. The van der Waals surface area contributed by atoms with E-state index < -0.39 is 0 Å². The zero-order chi connectivity index (χ0) is 11.3. The molecule has 0 aliphatic heterocycles. The summed E-state index contributed by atoms with van der Waals surface area (Å²) in [7, 11) is 1.60. The Hall–Kier alpha value is -1.14. The van der Waals surface area contributed by atoms with Crippen molar-refractivity contribution in [3.05, 3.63) is 35.0 Å². The lowest BCUT2D eigenvalue weighted by Gasteiger charge is -2.21. The monoisotopic (exact) mass is 211 g/mol. The Morgan fingerprint density at radius 3 is 2.53 bits per heavy atom. The maximum Gasteiger partial charge on any atom is 0.0616 e. The standard InChI is InChI=1S/C10H15N2O3/c1-15-7-9(11)6-8-2-4-10(5-3-8)12(13)14/h2-5,9,13H,6-7,11H2,1H3/q-1. The van der Waals surface area contributed by atoms with Crippen LogP contribution in [0.15, 0.2) is 24.3 Å². The summed E-state index contributed by atoms with van der Waals surface area (Å²) in [5.74, 6) is 0. The van der Waals surface area contributed by atoms with Crippen LogP contribution in [0, 0.1) is 5.21 Å². The topological polar surface area (TPSA) is 81.8 Å². The van der Waals surface area contributed by atoms with Gasteiger partial charge in [0.05, 0.1) is 12.3 Å². The molecule has 0 saturated heterocycles. The van der Waals surface area contributed by atoms with E-state index >= 15 is 0 Å². The fourth-order valence-corrected chi connectivity index (χ4v) is 1.34. The summed E-state index contributed by atoms with van der Waals surface area (Å²) >= 11 is 0. The Labute approximate surface area is 88.6 Å². The van der Waals surface area contributed by atoms with Gasteiger partial charge in [0.2, 0.25) is 0 Å². The molecule has 3 N–H and O–H groups in total. The van der Waals surface area contributed by atoms with E-state index in [4.69, 9.17) is 15.7 Å². The minimum Gasteiger partial charge on any atom is -0.733 e. The van der Waals surface area contributed by atoms with Crippen molar-refractivity contribution in [2.24, 2.45) is 5.73 Å². The number of hydrogen-bond donors (Lipinski definition) is 2. The van der Waals surface area contributed by atoms with E-state index in [9.17, 15) is 5.21 Å². The first-order chi connectivity index (χ1) is 7.13. The summed E-state index contributed by atoms with van der Waals surface area (Å²) in [4.78, 5) is 0. The van der Waals surface area contributed by atoms with E-state index in [1.165, 1.54) is 0 Å². The quantitative estimate of drug-likeness (QED) is 0.707. The molecule has 0 amide bonds. The molecule has 5 nitrogen and oxygen atoms in total. The second-order valence-corrected chi connectivity index (χ2v) is 3.36. The number of ether oxygens (including phenoxy) is 1. The Morgan fingerprint density at radius 2 is 2.07 bits per heavy atom. The molecular formula is C10H15N2O3-. The van der Waals surface area contributed by atoms with Gasteiger partial charge in [-0.25, -0.2) is 0 Å². The molecule has 0 aliphatic rings. The van der Waals surface area contributed by atoms with Crippen LogP contribution in [0.25, 0.3) is 0 Å². The molecule has 0 fully saturated rings. The number of nitrogens with two attached hydrogens (primary N) is 1. The fraction of sp³-hybridized carbons (Fsp3) is 0.400. The van der Waals surface area contributed by atoms with Crippen LogP contribution in [0.2, 0.25) is 0 Å². The van der Waals surface area contributed by atoms with Crippen molar-refractivity contribution in [2.75, 3.05) is 18.9 Å². The maximum absolute atomic E-state index is 10.5. The van der Waals surface area contributed by atoms with E-state index in [1.807, 2.05) is 0 Å². The number of rotatable bonds is 5. The van der Waals surface area contributed by atoms with Crippen LogP contribution < -0.4 is 11.0 Å². The minimum atomic E-state index is -0.168. The van der Waals surface area contributed by atoms with Crippen molar-refractivity contribution < 1.29 is 9.94 Å². The summed E-state index contributed by atoms with van der Waals surface area (Å²) in [6.07, 6.45) is 0.679. The predicted molar refractivity (Wildman–Crippen MR) is 57.6 cm³/mol. The molecule has 1 atom stereocenters. The van der Waals surface area contributed by atoms with Gasteiger partial charge in [0.25, 0.3) is 0 Å². The van der Waals surface area contributed by atoms with Gasteiger partial charge in [-0.05, 0) is 24.1 Å². The van der Waals surface area contributed by atoms with E-state index in [2.05, 4.69) is 0 Å². The summed E-state index contributed by atoms with van der Waals surface area (Å²) < 4.78 is 4.91. The smallest absolute Gasteiger partial charge is 0.0616 e. The van der Waals surface area contributed by atoms with Crippen LogP contribution in [-0.4, -0.2) is 25.0 Å². The summed E-state index contributed by atoms with van der Waals surface area (Å²) in [6, 6.07) is 6.54. The largest absolute Gasteiger partial charge is 0.733 e. The van der Waals surface area contributed by atoms with Gasteiger partial charge < -0.3 is 20.9 Å². The second-order valence-electron chi connectivity index (χ2n) is 3.36. The lowest BCUT2D eigenvalue weighted by atomic mass is 10.1. The summed E-state index contributed by atoms with van der Waals surface area (Å²) in [5.41, 5.74) is 6.98. The van der Waals surface area contributed by atoms with Gasteiger partial charge in [-0.3, -0.25) is 5.21 Å². The molecule has 1 aromatic rings. The molecule has 1 rings (SSSR count). The third-order valence-electron chi connectivity index (χ3n) is 2.04. The van der Waals surface area contributed by atoms with E-state index in [-0.39, 0.29) is 17.0 Å². The van der Waals surface area contributed by atoms with Crippen molar-refractivity contribution in [3.8, 4) is 0 Å². The van der Waals surface area contributed by atoms with Gasteiger partial charge in [-0.2, -0.15) is 0 Å². The third-order valence-corrected chi connectivity index (χ3v) is 2.04. The molecule has 1 unspecified atom stereocenters. The van der Waals surface area contributed by atoms with E-state index in [0.29, 0.717) is 13.0 Å². The Morgan fingerprint density at radius 1 is 1.47 bits per heavy atom. The molecule has 0 spiro atoms. The number of hydrogen-bond acceptors (Lipinski definition) is 5. The zero-order valence-electron chi connectivity index (χ0n) is 8.59. The predicted octanol–water partition coefficient (Wildman–Crippen LogP) is 0.896. The van der Waals surface area contributed by atoms with Crippen LogP contribution in [-0.2, 0) is 11.2 Å². The first kappa shape index (κ1) is 11.9. The van der Waals surface area contributed by atoms with Gasteiger partial charge in [-0.15, -0.1) is 0 Å². The van der Waals surface area contributed by atoms with Gasteiger partial charge in [-0.1, -0.05) is 12.1 Å². The molecular weight excluding hydrogens is 196 g/mol. The highest BCUT2D eigenvalue weighted by atomic mass is 16.8. The Kier molecular flexibility index (Phi) is 4.51. The zero-order valence-corrected chi connectivity index (χ0v) is 8.59. The van der Waals surface area contributed by atoms with Crippen molar-refractivity contribution in [1.82, 2.24) is 0 Å². The van der Waals surface area contributed by atoms with Crippen molar-refractivity contribution in [1.29, 1.82) is 0 Å². The molecule has 15 heavy (non-hydrogen) atoms. The van der Waals surface area contributed by atoms with Crippen molar-refractivity contribution in [2.45, 2.75) is 12.5 Å². The van der Waals surface area contributed by atoms with Crippen LogP contribution in [0.4, 0.5) is 5.69 Å². The molecule has 5 heteroatoms. The SMILES string of the molecule is COCC(N)Cc1ccc(N([O-])O)cc1. The normalized spacial score (nSPS) is 12.5. The van der Waals surface area contributed by atoms with Crippen molar-refractivity contribution >= 4 is 5.69 Å². The van der Waals surface area contributed by atoms with Crippen LogP contribution in [0.5, 0.6) is 0 Å². The van der Waals surface area contributed by atoms with Gasteiger partial charge in [0.1, 0.15) is 0 Å². The Balaban J connectivity index is 2.56. The maximum atomic E-state index is 10.5. The summed E-state index contributed by atoms with van der Waals surface area (Å²) in [5, 5.41) is 19.0. The van der Waals surface area contributed by atoms with E-state index in [1.54, 1.807) is 31.4 Å². The van der Waals surface area contributed by atoms with Gasteiger partial charge in [0, 0.05) is 13.2 Å². The average molecular weight is 211 g/mol. The molecule has 0 radical (unpaired) electrons. The summed E-state index contributed by atoms with van der Waals surface area (Å²) in [6.45, 7) is 0.495. The molecule has 0 bridgehead atoms. The van der Waals surface area contributed by atoms with Crippen LogP contribution in [0.1, 0.15) is 5.56 Å². The highest BCUT2D eigenvalue weighted by Crippen LogP contribution is 2.13. The first-order valence-corrected chi connectivity index (χ1v) is 4.63. The molecule has 0 aliphatic carbocycles. The number of anilines is 1. The molecule has 0 saturated carbocycles. The minimum absolute atomic E-state index is 0.0571. The second kappa shape index (κ2) is 5.67. The van der Waals surface area contributed by atoms with Crippen LogP contribution in [0.3, 0.4) is 0 Å².